The van der Waals surface area contributed by atoms with Crippen LogP contribution in [-0.4, -0.2) is 15.9 Å². The van der Waals surface area contributed by atoms with Crippen molar-refractivity contribution in [3.05, 3.63) is 138 Å². The van der Waals surface area contributed by atoms with E-state index in [-0.39, 0.29) is 6.85 Å². The zero-order valence-electron chi connectivity index (χ0n) is 28.8. The third-order valence-corrected chi connectivity index (χ3v) is 11.6. The first-order chi connectivity index (χ1) is 25.0. The van der Waals surface area contributed by atoms with Gasteiger partial charge < -0.3 is 17.9 Å². The van der Waals surface area contributed by atoms with Gasteiger partial charge in [0.05, 0.1) is 21.8 Å². The highest BCUT2D eigenvalue weighted by atomic mass is 16.3. The van der Waals surface area contributed by atoms with Gasteiger partial charge >= 0.3 is 6.85 Å². The summed E-state index contributed by atoms with van der Waals surface area (Å²) in [4.78, 5) is 0. The summed E-state index contributed by atoms with van der Waals surface area (Å²) in [5, 5.41) is 9.34. The van der Waals surface area contributed by atoms with Crippen LogP contribution in [0.15, 0.2) is 124 Å². The Balaban J connectivity index is 1.37. The smallest absolute Gasteiger partial charge is 0.332 e. The second-order valence-electron chi connectivity index (χ2n) is 14.7. The number of para-hydroxylation sites is 3. The van der Waals surface area contributed by atoms with Crippen molar-refractivity contribution in [3.63, 3.8) is 0 Å². The number of rotatable bonds is 1. The van der Waals surface area contributed by atoms with Gasteiger partial charge in [0.15, 0.2) is 0 Å². The van der Waals surface area contributed by atoms with Crippen LogP contribution in [0.3, 0.4) is 0 Å². The van der Waals surface area contributed by atoms with E-state index in [4.69, 9.17) is 8.83 Å². The maximum Gasteiger partial charge on any atom is 0.332 e. The van der Waals surface area contributed by atoms with Gasteiger partial charge in [-0.3, -0.25) is 0 Å². The molecule has 0 aliphatic carbocycles. The van der Waals surface area contributed by atoms with Gasteiger partial charge in [-0.25, -0.2) is 0 Å². The minimum atomic E-state index is -0.0902. The predicted octanol–water partition coefficient (Wildman–Crippen LogP) is 10.9. The van der Waals surface area contributed by atoms with Crippen molar-refractivity contribution < 1.29 is 8.83 Å². The highest BCUT2D eigenvalue weighted by molar-refractivity contribution is 6.88. The lowest BCUT2D eigenvalue weighted by Gasteiger charge is -2.29. The van der Waals surface area contributed by atoms with Gasteiger partial charge in [-0.05, 0) is 92.2 Å². The van der Waals surface area contributed by atoms with Crippen LogP contribution in [0.25, 0.3) is 93.2 Å². The minimum absolute atomic E-state index is 0.0902. The topological polar surface area (TPSA) is 36.1 Å². The Morgan fingerprint density at radius 1 is 0.471 bits per heavy atom. The molecule has 240 valence electrons. The largest absolute Gasteiger partial charge is 0.455 e. The molecule has 1 aliphatic heterocycles. The molecule has 12 rings (SSSR count). The molecular weight excluding hydrogens is 623 g/mol. The first-order valence-corrected chi connectivity index (χ1v) is 17.8. The third-order valence-electron chi connectivity index (χ3n) is 11.6. The fraction of sp³-hybridized carbons (Fsp3) is 0.0870. The number of benzene rings is 7. The minimum Gasteiger partial charge on any atom is -0.455 e. The lowest BCUT2D eigenvalue weighted by Crippen LogP contribution is -2.53. The van der Waals surface area contributed by atoms with Crippen LogP contribution in [-0.2, 0) is 0 Å². The zero-order valence-corrected chi connectivity index (χ0v) is 28.8. The van der Waals surface area contributed by atoms with Gasteiger partial charge in [0.2, 0.25) is 0 Å². The maximum absolute atomic E-state index is 6.89. The summed E-state index contributed by atoms with van der Waals surface area (Å²) in [6.07, 6.45) is 0. The highest BCUT2D eigenvalue weighted by Crippen LogP contribution is 2.46. The van der Waals surface area contributed by atoms with Crippen LogP contribution in [0.1, 0.15) is 22.3 Å². The second-order valence-corrected chi connectivity index (χ2v) is 14.7. The molecule has 0 fully saturated rings. The summed E-state index contributed by atoms with van der Waals surface area (Å²) in [5.41, 5.74) is 17.4. The van der Waals surface area contributed by atoms with Gasteiger partial charge in [0.25, 0.3) is 0 Å². The summed E-state index contributed by atoms with van der Waals surface area (Å²) in [6.45, 7) is 8.89. The molecule has 0 bridgehead atoms. The molecule has 0 spiro atoms. The zero-order chi connectivity index (χ0) is 33.9. The van der Waals surface area contributed by atoms with E-state index in [9.17, 15) is 0 Å². The van der Waals surface area contributed by atoms with Crippen LogP contribution >= 0.6 is 0 Å². The molecule has 0 atom stereocenters. The number of nitrogens with zero attached hydrogens (tertiary/aromatic N) is 2. The Morgan fingerprint density at radius 2 is 1.06 bits per heavy atom. The predicted molar refractivity (Wildman–Crippen MR) is 214 cm³/mol. The van der Waals surface area contributed by atoms with Crippen molar-refractivity contribution >= 4 is 105 Å². The lowest BCUT2D eigenvalue weighted by atomic mass is 9.48. The van der Waals surface area contributed by atoms with Gasteiger partial charge in [-0.15, -0.1) is 0 Å². The van der Waals surface area contributed by atoms with Crippen molar-refractivity contribution in [3.8, 4) is 5.69 Å². The summed E-state index contributed by atoms with van der Waals surface area (Å²) in [6, 6.07) is 42.2. The maximum atomic E-state index is 6.89. The summed E-state index contributed by atoms with van der Waals surface area (Å²) in [5.74, 6) is 0. The van der Waals surface area contributed by atoms with Gasteiger partial charge in [0, 0.05) is 49.0 Å². The summed E-state index contributed by atoms with van der Waals surface area (Å²) in [7, 11) is 0. The van der Waals surface area contributed by atoms with Crippen molar-refractivity contribution in [2.45, 2.75) is 27.7 Å². The first kappa shape index (κ1) is 27.6. The molecule has 0 amide bonds. The van der Waals surface area contributed by atoms with Crippen LogP contribution in [0.2, 0.25) is 0 Å². The van der Waals surface area contributed by atoms with Crippen LogP contribution in [0, 0.1) is 27.7 Å². The van der Waals surface area contributed by atoms with Gasteiger partial charge in [-0.2, -0.15) is 0 Å². The number of hydrogen-bond acceptors (Lipinski definition) is 2. The number of fused-ring (bicyclic) bond motifs is 16. The quantitative estimate of drug-likeness (QED) is 0.165. The van der Waals surface area contributed by atoms with E-state index < -0.39 is 0 Å². The van der Waals surface area contributed by atoms with Crippen LogP contribution < -0.4 is 10.9 Å². The highest BCUT2D eigenvalue weighted by Gasteiger charge is 2.39. The Bertz CT molecular complexity index is 3300. The summed E-state index contributed by atoms with van der Waals surface area (Å²) < 4.78 is 18.8. The molecule has 0 radical (unpaired) electrons. The van der Waals surface area contributed by atoms with Crippen molar-refractivity contribution in [2.75, 3.05) is 0 Å². The van der Waals surface area contributed by atoms with Crippen LogP contribution in [0.4, 0.5) is 0 Å². The lowest BCUT2D eigenvalue weighted by molar-refractivity contribution is 0.670. The Kier molecular flexibility index (Phi) is 5.04. The third kappa shape index (κ3) is 3.32. The fourth-order valence-electron chi connectivity index (χ4n) is 9.84. The standard InChI is InChI=1S/C46H31BN2O2/c1-24-19-26(3)42-31(21-24)32-22-25(2)20-27(4)43(32)49(42)47-34-13-7-8-14-36(34)48-37-18-17-30-28-11-5-9-15-38(28)50-45(30)40(37)41-44(48)35(47)23-33-29-12-6-10-16-39(29)51-46(33)41/h5-23H,1-4H3. The van der Waals surface area contributed by atoms with E-state index in [1.807, 2.05) is 0 Å². The average molecular weight is 655 g/mol. The molecule has 4 nitrogen and oxygen atoms in total. The van der Waals surface area contributed by atoms with Crippen LogP contribution in [0.5, 0.6) is 0 Å². The molecule has 51 heavy (non-hydrogen) atoms. The molecule has 5 heterocycles. The van der Waals surface area contributed by atoms with E-state index in [0.29, 0.717) is 0 Å². The molecule has 5 heteroatoms. The van der Waals surface area contributed by atoms with E-state index in [2.05, 4.69) is 152 Å². The number of hydrogen-bond donors (Lipinski definition) is 0. The summed E-state index contributed by atoms with van der Waals surface area (Å²) >= 11 is 0. The molecule has 0 N–H and O–H groups in total. The average Bonchev–Trinajstić information content (AvgIpc) is 3.87. The molecule has 11 aromatic rings. The Hall–Kier alpha value is -6.20. The van der Waals surface area contributed by atoms with E-state index >= 15 is 0 Å². The molecule has 7 aromatic carbocycles. The first-order valence-electron chi connectivity index (χ1n) is 17.8. The van der Waals surface area contributed by atoms with Crippen molar-refractivity contribution in [1.29, 1.82) is 0 Å². The number of furan rings is 2. The van der Waals surface area contributed by atoms with E-state index in [0.717, 1.165) is 60.2 Å². The molecule has 0 saturated carbocycles. The van der Waals surface area contributed by atoms with Gasteiger partial charge in [-0.1, -0.05) is 83.9 Å². The van der Waals surface area contributed by atoms with E-state index in [1.165, 1.54) is 66.2 Å². The molecule has 0 unspecified atom stereocenters. The Morgan fingerprint density at radius 3 is 1.75 bits per heavy atom. The Labute approximate surface area is 293 Å². The molecule has 4 aromatic heterocycles. The van der Waals surface area contributed by atoms with Crippen molar-refractivity contribution in [1.82, 2.24) is 9.05 Å². The van der Waals surface area contributed by atoms with Crippen molar-refractivity contribution in [2.24, 2.45) is 0 Å². The normalized spacial score (nSPS) is 13.1. The monoisotopic (exact) mass is 654 g/mol. The molecule has 1 aliphatic rings. The van der Waals surface area contributed by atoms with Gasteiger partial charge in [0.1, 0.15) is 22.3 Å². The number of aryl methyl sites for hydroxylation is 4. The number of aromatic nitrogens is 2. The molecular formula is C46H31BN2O2. The molecule has 0 saturated heterocycles. The SMILES string of the molecule is Cc1cc(C)c2c(c1)c1cc(C)cc(C)c1n2B1c2ccccc2-n2c3ccc4c5ccccc5oc4c3c3c4oc5ccccc5c4cc1c32. The second kappa shape index (κ2) is 9.32. The van der Waals surface area contributed by atoms with E-state index in [1.54, 1.807) is 0 Å². The fourth-order valence-corrected chi connectivity index (χ4v) is 9.84.